The Morgan fingerprint density at radius 1 is 0.840 bits per heavy atom. The van der Waals surface area contributed by atoms with Crippen LogP contribution in [0, 0.1) is 28.6 Å². The summed E-state index contributed by atoms with van der Waals surface area (Å²) in [7, 11) is 0. The molecule has 25 heavy (non-hydrogen) atoms. The van der Waals surface area contributed by atoms with E-state index in [9.17, 15) is 9.59 Å². The van der Waals surface area contributed by atoms with Crippen LogP contribution < -0.4 is 11.4 Å². The van der Waals surface area contributed by atoms with Crippen LogP contribution in [0.5, 0.6) is 0 Å². The van der Waals surface area contributed by atoms with Crippen LogP contribution in [0.15, 0.2) is 9.59 Å². The molecule has 5 fully saturated rings. The van der Waals surface area contributed by atoms with E-state index in [2.05, 4.69) is 20.8 Å². The van der Waals surface area contributed by atoms with Crippen LogP contribution in [0.25, 0.3) is 0 Å². The van der Waals surface area contributed by atoms with Crippen molar-refractivity contribution in [2.45, 2.75) is 83.8 Å². The SMILES string of the molecule is CC1(C)[C@H]2CC[C@@]1(C)[C@H](n1c(=O)n3n(c1=O)[C@H]1C[C@H]4CC[C@H]1C[C@H]43)C2. The molecule has 1 aromatic heterocycles. The van der Waals surface area contributed by atoms with E-state index in [0.717, 1.165) is 25.7 Å². The van der Waals surface area contributed by atoms with E-state index >= 15 is 0 Å². The minimum atomic E-state index is -0.000347. The highest BCUT2D eigenvalue weighted by Gasteiger charge is 2.63. The molecule has 5 nitrogen and oxygen atoms in total. The van der Waals surface area contributed by atoms with Crippen LogP contribution in [-0.4, -0.2) is 13.9 Å². The molecule has 6 bridgehead atoms. The lowest BCUT2D eigenvalue weighted by Crippen LogP contribution is -2.52. The minimum Gasteiger partial charge on any atom is -0.246 e. The molecule has 7 atom stereocenters. The molecule has 0 unspecified atom stereocenters. The number of hydrogen-bond donors (Lipinski definition) is 0. The molecule has 0 amide bonds. The lowest BCUT2D eigenvalue weighted by molar-refractivity contribution is -0.0270. The maximum absolute atomic E-state index is 13.4. The third-order valence-corrected chi connectivity index (χ3v) is 9.81. The molecule has 0 aromatic carbocycles. The van der Waals surface area contributed by atoms with Gasteiger partial charge in [0.2, 0.25) is 0 Å². The van der Waals surface area contributed by atoms with Gasteiger partial charge in [0, 0.05) is 6.04 Å². The second-order valence-corrected chi connectivity index (χ2v) is 10.5. The Hall–Kier alpha value is -1.26. The van der Waals surface area contributed by atoms with Crippen LogP contribution in [-0.2, 0) is 0 Å². The summed E-state index contributed by atoms with van der Waals surface area (Å²) in [5.74, 6) is 1.88. The molecule has 3 heterocycles. The van der Waals surface area contributed by atoms with Crippen molar-refractivity contribution in [3.05, 3.63) is 21.0 Å². The molecular formula is C20H29N3O2. The van der Waals surface area contributed by atoms with Gasteiger partial charge in [0.1, 0.15) is 0 Å². The Morgan fingerprint density at radius 3 is 1.80 bits per heavy atom. The number of fused-ring (bicyclic) bond motifs is 3. The highest BCUT2D eigenvalue weighted by Crippen LogP contribution is 2.69. The van der Waals surface area contributed by atoms with E-state index in [4.69, 9.17) is 0 Å². The zero-order valence-corrected chi connectivity index (χ0v) is 15.6. The van der Waals surface area contributed by atoms with E-state index in [1.165, 1.54) is 19.3 Å². The molecule has 7 aliphatic rings. The molecule has 5 saturated carbocycles. The number of rotatable bonds is 1. The van der Waals surface area contributed by atoms with Gasteiger partial charge in [0.25, 0.3) is 0 Å². The van der Waals surface area contributed by atoms with Gasteiger partial charge in [0.05, 0.1) is 12.1 Å². The van der Waals surface area contributed by atoms with Crippen molar-refractivity contribution < 1.29 is 0 Å². The highest BCUT2D eigenvalue weighted by atomic mass is 16.2. The van der Waals surface area contributed by atoms with E-state index in [1.54, 1.807) is 4.57 Å². The first kappa shape index (κ1) is 14.9. The summed E-state index contributed by atoms with van der Waals surface area (Å²) in [6, 6.07) is 0.651. The van der Waals surface area contributed by atoms with E-state index in [0.29, 0.717) is 17.8 Å². The average Bonchev–Trinajstić information content (AvgIpc) is 3.07. The first-order valence-corrected chi connectivity index (χ1v) is 10.3. The Morgan fingerprint density at radius 2 is 1.40 bits per heavy atom. The molecule has 1 aromatic rings. The zero-order chi connectivity index (χ0) is 17.3. The summed E-state index contributed by atoms with van der Waals surface area (Å²) < 4.78 is 5.51. The van der Waals surface area contributed by atoms with Crippen LogP contribution in [0.2, 0.25) is 0 Å². The highest BCUT2D eigenvalue weighted by molar-refractivity contribution is 5.13. The largest absolute Gasteiger partial charge is 0.347 e. The molecule has 0 spiro atoms. The fourth-order valence-corrected chi connectivity index (χ4v) is 7.88. The quantitative estimate of drug-likeness (QED) is 0.787. The number of hydrogen-bond acceptors (Lipinski definition) is 2. The van der Waals surface area contributed by atoms with Gasteiger partial charge < -0.3 is 0 Å². The van der Waals surface area contributed by atoms with Gasteiger partial charge in [0.15, 0.2) is 0 Å². The molecule has 0 radical (unpaired) electrons. The van der Waals surface area contributed by atoms with Gasteiger partial charge in [-0.3, -0.25) is 0 Å². The first-order chi connectivity index (χ1) is 11.8. The maximum Gasteiger partial charge on any atom is 0.347 e. The second-order valence-electron chi connectivity index (χ2n) is 10.5. The number of nitrogens with zero attached hydrogens (tertiary/aromatic N) is 3. The predicted molar refractivity (Wildman–Crippen MR) is 94.7 cm³/mol. The Balaban J connectivity index is 1.56. The second kappa shape index (κ2) is 4.17. The molecule has 0 saturated heterocycles. The third-order valence-electron chi connectivity index (χ3n) is 9.81. The van der Waals surface area contributed by atoms with Gasteiger partial charge in [-0.2, -0.15) is 0 Å². The topological polar surface area (TPSA) is 48.9 Å². The molecule has 0 N–H and O–H groups in total. The Labute approximate surface area is 148 Å². The van der Waals surface area contributed by atoms with Crippen molar-refractivity contribution >= 4 is 0 Å². The summed E-state index contributed by atoms with van der Waals surface area (Å²) in [6.45, 7) is 7.04. The van der Waals surface area contributed by atoms with E-state index in [-0.39, 0.29) is 40.3 Å². The normalized spacial score (nSPS) is 48.3. The zero-order valence-electron chi connectivity index (χ0n) is 15.6. The summed E-state index contributed by atoms with van der Waals surface area (Å²) in [5.41, 5.74) is 0.282. The van der Waals surface area contributed by atoms with Gasteiger partial charge in [-0.25, -0.2) is 23.5 Å². The smallest absolute Gasteiger partial charge is 0.246 e. The third kappa shape index (κ3) is 1.43. The van der Waals surface area contributed by atoms with Gasteiger partial charge in [-0.05, 0) is 73.5 Å². The van der Waals surface area contributed by atoms with Gasteiger partial charge in [-0.15, -0.1) is 0 Å². The van der Waals surface area contributed by atoms with Gasteiger partial charge in [-0.1, -0.05) is 20.8 Å². The van der Waals surface area contributed by atoms with Crippen LogP contribution in [0.3, 0.4) is 0 Å². The first-order valence-electron chi connectivity index (χ1n) is 10.3. The summed E-state index contributed by atoms with van der Waals surface area (Å²) in [6.07, 6.45) is 8.12. The fraction of sp³-hybridized carbons (Fsp3) is 0.900. The molecule has 8 rings (SSSR count). The lowest BCUT2D eigenvalue weighted by atomic mass is 9.64. The van der Waals surface area contributed by atoms with Crippen molar-refractivity contribution in [1.82, 2.24) is 13.9 Å². The monoisotopic (exact) mass is 343 g/mol. The molecule has 5 aliphatic carbocycles. The lowest BCUT2D eigenvalue weighted by Gasteiger charge is -2.52. The van der Waals surface area contributed by atoms with Crippen molar-refractivity contribution in [2.24, 2.45) is 28.6 Å². The molecule has 5 heteroatoms. The molecule has 2 aliphatic heterocycles. The fourth-order valence-electron chi connectivity index (χ4n) is 7.88. The number of aromatic nitrogens is 3. The van der Waals surface area contributed by atoms with Gasteiger partial charge >= 0.3 is 11.4 Å². The molecule has 136 valence electrons. The van der Waals surface area contributed by atoms with Crippen LogP contribution in [0.4, 0.5) is 0 Å². The molecular weight excluding hydrogens is 314 g/mol. The summed E-state index contributed by atoms with van der Waals surface area (Å²) >= 11 is 0. The summed E-state index contributed by atoms with van der Waals surface area (Å²) in [4.78, 5) is 26.8. The van der Waals surface area contributed by atoms with Crippen LogP contribution >= 0.6 is 0 Å². The average molecular weight is 343 g/mol. The van der Waals surface area contributed by atoms with Crippen molar-refractivity contribution in [3.8, 4) is 0 Å². The standard InChI is InChI=1S/C20H29N3O2/c1-19(2)13-6-7-20(19,3)16(10-13)21-17(24)22-14-9-12-5-4-11(14)8-15(12)23(22)18(21)25/h11-16H,4-10H2,1-3H3/t11-,12+,13-,14-,15+,16+,20-/m0/s1. The Kier molecular flexibility index (Phi) is 2.48. The van der Waals surface area contributed by atoms with Crippen molar-refractivity contribution in [1.29, 1.82) is 0 Å². The Bertz CT molecular complexity index is 840. The van der Waals surface area contributed by atoms with Crippen LogP contribution in [0.1, 0.15) is 83.8 Å². The van der Waals surface area contributed by atoms with Crippen molar-refractivity contribution in [2.75, 3.05) is 0 Å². The predicted octanol–water partition coefficient (Wildman–Crippen LogP) is 3.11. The maximum atomic E-state index is 13.4. The van der Waals surface area contributed by atoms with E-state index in [1.807, 2.05) is 9.36 Å². The minimum absolute atomic E-state index is 0.000347. The summed E-state index contributed by atoms with van der Waals surface area (Å²) in [5, 5.41) is 0. The van der Waals surface area contributed by atoms with Crippen molar-refractivity contribution in [3.63, 3.8) is 0 Å². The van der Waals surface area contributed by atoms with E-state index < -0.39 is 0 Å².